The van der Waals surface area contributed by atoms with Gasteiger partial charge in [-0.15, -0.1) is 0 Å². The van der Waals surface area contributed by atoms with Crippen molar-refractivity contribution in [2.75, 3.05) is 0 Å². The molecule has 3 heteroatoms. The number of rotatable bonds is 2. The lowest BCUT2D eigenvalue weighted by Gasteiger charge is -2.21. The van der Waals surface area contributed by atoms with Gasteiger partial charge in [0.15, 0.2) is 0 Å². The minimum Gasteiger partial charge on any atom is -0.388 e. The molecule has 0 radical (unpaired) electrons. The van der Waals surface area contributed by atoms with Crippen molar-refractivity contribution in [1.29, 1.82) is 0 Å². The Labute approximate surface area is 116 Å². The fraction of sp³-hybridized carbons (Fsp3) is 0.294. The third-order valence-corrected chi connectivity index (χ3v) is 4.18. The Bertz CT molecular complexity index is 651. The molecule has 0 bridgehead atoms. The molecular weight excluding hydrogens is 258 g/mol. The largest absolute Gasteiger partial charge is 0.388 e. The molecule has 0 fully saturated rings. The summed E-state index contributed by atoms with van der Waals surface area (Å²) < 4.78 is 28.1. The Morgan fingerprint density at radius 2 is 1.90 bits per heavy atom. The van der Waals surface area contributed by atoms with Crippen LogP contribution < -0.4 is 0 Å². The third-order valence-electron chi connectivity index (χ3n) is 4.18. The summed E-state index contributed by atoms with van der Waals surface area (Å²) in [5, 5.41) is 10.5. The monoisotopic (exact) mass is 274 g/mol. The Hall–Kier alpha value is -1.74. The third kappa shape index (κ3) is 2.02. The Morgan fingerprint density at radius 3 is 2.70 bits per heavy atom. The van der Waals surface area contributed by atoms with Crippen molar-refractivity contribution in [3.8, 4) is 0 Å². The topological polar surface area (TPSA) is 20.2 Å². The van der Waals surface area contributed by atoms with Crippen molar-refractivity contribution in [2.24, 2.45) is 0 Å². The van der Waals surface area contributed by atoms with Gasteiger partial charge in [0.25, 0.3) is 0 Å². The van der Waals surface area contributed by atoms with Gasteiger partial charge in [-0.05, 0) is 42.5 Å². The van der Waals surface area contributed by atoms with E-state index in [9.17, 15) is 13.9 Å². The van der Waals surface area contributed by atoms with Crippen molar-refractivity contribution >= 4 is 0 Å². The number of fused-ring (bicyclic) bond motifs is 1. The number of aliphatic hydroxyl groups excluding tert-OH is 1. The molecule has 1 nitrogen and oxygen atoms in total. The lowest BCUT2D eigenvalue weighted by atomic mass is 9.89. The highest BCUT2D eigenvalue weighted by molar-refractivity contribution is 5.39. The maximum absolute atomic E-state index is 14.1. The van der Waals surface area contributed by atoms with Gasteiger partial charge in [-0.25, -0.2) is 8.78 Å². The lowest BCUT2D eigenvalue weighted by molar-refractivity contribution is 0.136. The first kappa shape index (κ1) is 13.3. The van der Waals surface area contributed by atoms with Crippen molar-refractivity contribution in [3.63, 3.8) is 0 Å². The molecule has 0 spiro atoms. The molecule has 1 aliphatic carbocycles. The van der Waals surface area contributed by atoms with Crippen LogP contribution in [0.5, 0.6) is 0 Å². The molecule has 0 aromatic heterocycles. The summed E-state index contributed by atoms with van der Waals surface area (Å²) in [6.07, 6.45) is 0.416. The predicted molar refractivity (Wildman–Crippen MR) is 73.6 cm³/mol. The summed E-state index contributed by atoms with van der Waals surface area (Å²) >= 11 is 0. The molecule has 1 N–H and O–H groups in total. The average Bonchev–Trinajstić information content (AvgIpc) is 2.87. The van der Waals surface area contributed by atoms with Crippen LogP contribution in [0.15, 0.2) is 36.4 Å². The van der Waals surface area contributed by atoms with E-state index in [0.717, 1.165) is 17.5 Å². The molecule has 2 atom stereocenters. The van der Waals surface area contributed by atoms with Crippen molar-refractivity contribution in [2.45, 2.75) is 31.8 Å². The van der Waals surface area contributed by atoms with E-state index in [-0.39, 0.29) is 11.5 Å². The van der Waals surface area contributed by atoms with Crippen LogP contribution in [0.2, 0.25) is 0 Å². The molecule has 0 amide bonds. The number of hydrogen-bond donors (Lipinski definition) is 1. The van der Waals surface area contributed by atoms with Gasteiger partial charge < -0.3 is 5.11 Å². The van der Waals surface area contributed by atoms with E-state index in [0.29, 0.717) is 12.0 Å². The van der Waals surface area contributed by atoms with Gasteiger partial charge >= 0.3 is 0 Å². The molecule has 3 rings (SSSR count). The SMILES string of the molecule is Cc1ccc(F)c(C(O)C2CCc3ccccc32)c1F. The molecule has 2 aromatic carbocycles. The van der Waals surface area contributed by atoms with Gasteiger partial charge in [-0.3, -0.25) is 0 Å². The Balaban J connectivity index is 2.03. The summed E-state index contributed by atoms with van der Waals surface area (Å²) in [7, 11) is 0. The molecule has 2 unspecified atom stereocenters. The lowest BCUT2D eigenvalue weighted by Crippen LogP contribution is -2.13. The maximum Gasteiger partial charge on any atom is 0.134 e. The smallest absolute Gasteiger partial charge is 0.134 e. The molecule has 2 aromatic rings. The molecule has 0 saturated heterocycles. The fourth-order valence-electron chi connectivity index (χ4n) is 3.07. The van der Waals surface area contributed by atoms with Crippen LogP contribution in [0.3, 0.4) is 0 Å². The number of benzene rings is 2. The highest BCUT2D eigenvalue weighted by atomic mass is 19.1. The summed E-state index contributed by atoms with van der Waals surface area (Å²) in [5.41, 5.74) is 2.31. The van der Waals surface area contributed by atoms with Crippen molar-refractivity contribution in [1.82, 2.24) is 0 Å². The average molecular weight is 274 g/mol. The first-order chi connectivity index (χ1) is 9.59. The number of hydrogen-bond acceptors (Lipinski definition) is 1. The summed E-state index contributed by atoms with van der Waals surface area (Å²) in [6.45, 7) is 1.58. The zero-order chi connectivity index (χ0) is 14.3. The first-order valence-corrected chi connectivity index (χ1v) is 6.80. The summed E-state index contributed by atoms with van der Waals surface area (Å²) in [5.74, 6) is -1.55. The van der Waals surface area contributed by atoms with Crippen LogP contribution in [-0.2, 0) is 6.42 Å². The predicted octanol–water partition coefficient (Wildman–Crippen LogP) is 4.04. The zero-order valence-electron chi connectivity index (χ0n) is 11.2. The normalized spacial score (nSPS) is 18.9. The molecule has 20 heavy (non-hydrogen) atoms. The quantitative estimate of drug-likeness (QED) is 0.876. The highest BCUT2D eigenvalue weighted by Gasteiger charge is 2.32. The molecule has 1 aliphatic rings. The zero-order valence-corrected chi connectivity index (χ0v) is 11.2. The van der Waals surface area contributed by atoms with Crippen molar-refractivity contribution in [3.05, 3.63) is 70.3 Å². The maximum atomic E-state index is 14.1. The fourth-order valence-corrected chi connectivity index (χ4v) is 3.07. The van der Waals surface area contributed by atoms with E-state index >= 15 is 0 Å². The summed E-state index contributed by atoms with van der Waals surface area (Å²) in [6, 6.07) is 10.4. The van der Waals surface area contributed by atoms with Gasteiger partial charge in [-0.1, -0.05) is 30.3 Å². The van der Waals surface area contributed by atoms with Gasteiger partial charge in [0.2, 0.25) is 0 Å². The second kappa shape index (κ2) is 4.98. The Morgan fingerprint density at radius 1 is 1.15 bits per heavy atom. The number of halogens is 2. The number of aliphatic hydroxyl groups is 1. The minimum atomic E-state index is -1.14. The van der Waals surface area contributed by atoms with Crippen LogP contribution in [0, 0.1) is 18.6 Å². The minimum absolute atomic E-state index is 0.202. The van der Waals surface area contributed by atoms with Crippen LogP contribution in [0.25, 0.3) is 0 Å². The van der Waals surface area contributed by atoms with Gasteiger partial charge in [0, 0.05) is 5.92 Å². The van der Waals surface area contributed by atoms with Crippen LogP contribution in [0.4, 0.5) is 8.78 Å². The number of aryl methyl sites for hydroxylation is 2. The van der Waals surface area contributed by atoms with Crippen LogP contribution in [0.1, 0.15) is 40.7 Å². The van der Waals surface area contributed by atoms with E-state index in [1.165, 1.54) is 12.1 Å². The Kier molecular flexibility index (Phi) is 3.30. The molecule has 0 heterocycles. The molecule has 0 saturated carbocycles. The van der Waals surface area contributed by atoms with Crippen molar-refractivity contribution < 1.29 is 13.9 Å². The van der Waals surface area contributed by atoms with E-state index in [2.05, 4.69) is 0 Å². The van der Waals surface area contributed by atoms with Crippen LogP contribution in [-0.4, -0.2) is 5.11 Å². The standard InChI is InChI=1S/C17H16F2O/c1-10-6-9-14(18)15(16(10)19)17(20)13-8-7-11-4-2-3-5-12(11)13/h2-6,9,13,17,20H,7-8H2,1H3. The van der Waals surface area contributed by atoms with E-state index < -0.39 is 17.7 Å². The molecular formula is C17H16F2O. The van der Waals surface area contributed by atoms with Gasteiger partial charge in [0.1, 0.15) is 11.6 Å². The molecule has 104 valence electrons. The second-order valence-corrected chi connectivity index (χ2v) is 5.38. The van der Waals surface area contributed by atoms with E-state index in [4.69, 9.17) is 0 Å². The highest BCUT2D eigenvalue weighted by Crippen LogP contribution is 2.42. The van der Waals surface area contributed by atoms with Crippen LogP contribution >= 0.6 is 0 Å². The van der Waals surface area contributed by atoms with E-state index in [1.807, 2.05) is 24.3 Å². The molecule has 0 aliphatic heterocycles. The van der Waals surface area contributed by atoms with Gasteiger partial charge in [-0.2, -0.15) is 0 Å². The van der Waals surface area contributed by atoms with E-state index in [1.54, 1.807) is 6.92 Å². The summed E-state index contributed by atoms with van der Waals surface area (Å²) in [4.78, 5) is 0. The first-order valence-electron chi connectivity index (χ1n) is 6.80. The van der Waals surface area contributed by atoms with Gasteiger partial charge in [0.05, 0.1) is 11.7 Å². The second-order valence-electron chi connectivity index (χ2n) is 5.38.